The van der Waals surface area contributed by atoms with Crippen LogP contribution in [0.4, 0.5) is 0 Å². The molecule has 0 saturated carbocycles. The summed E-state index contributed by atoms with van der Waals surface area (Å²) in [6.45, 7) is 5.71. The van der Waals surface area contributed by atoms with Gasteiger partial charge in [-0.25, -0.2) is 0 Å². The molecule has 2 aromatic heterocycles. The van der Waals surface area contributed by atoms with E-state index >= 15 is 0 Å². The first-order chi connectivity index (χ1) is 13.8. The van der Waals surface area contributed by atoms with E-state index in [0.29, 0.717) is 12.6 Å². The third-order valence-electron chi connectivity index (χ3n) is 6.04. The second kappa shape index (κ2) is 9.34. The molecule has 0 aliphatic carbocycles. The first-order valence-electron chi connectivity index (χ1n) is 10.4. The molecule has 0 spiro atoms. The molecule has 2 aromatic rings. The number of piperidine rings is 2. The Morgan fingerprint density at radius 1 is 1.18 bits per heavy atom. The highest BCUT2D eigenvalue weighted by Crippen LogP contribution is 2.24. The van der Waals surface area contributed by atoms with E-state index in [1.54, 1.807) is 6.26 Å². The van der Waals surface area contributed by atoms with Crippen molar-refractivity contribution in [3.05, 3.63) is 54.2 Å². The quantitative estimate of drug-likeness (QED) is 0.832. The second-order valence-corrected chi connectivity index (χ2v) is 8.00. The summed E-state index contributed by atoms with van der Waals surface area (Å²) < 4.78 is 5.31. The molecule has 0 radical (unpaired) electrons. The Balaban J connectivity index is 1.23. The summed E-state index contributed by atoms with van der Waals surface area (Å²) in [5, 5.41) is 3.04. The molecule has 6 nitrogen and oxygen atoms in total. The van der Waals surface area contributed by atoms with Crippen LogP contribution in [0.5, 0.6) is 0 Å². The Bertz CT molecular complexity index is 726. The molecule has 150 valence electrons. The predicted octanol–water partition coefficient (Wildman–Crippen LogP) is 2.67. The number of carbonyl (C=O) groups excluding carboxylic acids is 1. The van der Waals surface area contributed by atoms with E-state index in [-0.39, 0.29) is 11.8 Å². The van der Waals surface area contributed by atoms with Crippen molar-refractivity contribution in [3.63, 3.8) is 0 Å². The molecule has 2 aliphatic rings. The highest BCUT2D eigenvalue weighted by atomic mass is 16.3. The molecule has 2 aliphatic heterocycles. The molecule has 1 amide bonds. The molecule has 0 aromatic carbocycles. The molecule has 4 heterocycles. The fourth-order valence-corrected chi connectivity index (χ4v) is 4.48. The molecule has 2 fully saturated rings. The van der Waals surface area contributed by atoms with Crippen molar-refractivity contribution in [2.45, 2.75) is 44.8 Å². The molecule has 1 N–H and O–H groups in total. The topological polar surface area (TPSA) is 61.6 Å². The minimum atomic E-state index is 0.0946. The van der Waals surface area contributed by atoms with Crippen molar-refractivity contribution in [2.24, 2.45) is 5.92 Å². The van der Waals surface area contributed by atoms with E-state index in [2.05, 4.69) is 26.2 Å². The number of rotatable bonds is 6. The third-order valence-corrected chi connectivity index (χ3v) is 6.04. The van der Waals surface area contributed by atoms with Crippen molar-refractivity contribution in [1.29, 1.82) is 0 Å². The molecule has 1 atom stereocenters. The zero-order valence-corrected chi connectivity index (χ0v) is 16.4. The first kappa shape index (κ1) is 19.2. The van der Waals surface area contributed by atoms with E-state index < -0.39 is 0 Å². The van der Waals surface area contributed by atoms with E-state index in [1.165, 1.54) is 18.4 Å². The number of furan rings is 1. The lowest BCUT2D eigenvalue weighted by Gasteiger charge is -2.42. The Morgan fingerprint density at radius 3 is 2.82 bits per heavy atom. The predicted molar refractivity (Wildman–Crippen MR) is 107 cm³/mol. The van der Waals surface area contributed by atoms with Crippen molar-refractivity contribution < 1.29 is 9.21 Å². The Hall–Kier alpha value is -2.18. The maximum Gasteiger partial charge on any atom is 0.224 e. The molecule has 6 heteroatoms. The van der Waals surface area contributed by atoms with Crippen LogP contribution in [0.1, 0.15) is 37.0 Å². The van der Waals surface area contributed by atoms with Gasteiger partial charge in [-0.3, -0.25) is 19.6 Å². The van der Waals surface area contributed by atoms with Gasteiger partial charge in [0, 0.05) is 31.5 Å². The first-order valence-corrected chi connectivity index (χ1v) is 10.4. The van der Waals surface area contributed by atoms with Gasteiger partial charge in [0.25, 0.3) is 0 Å². The van der Waals surface area contributed by atoms with Crippen LogP contribution in [0.15, 0.2) is 47.3 Å². The minimum Gasteiger partial charge on any atom is -0.467 e. The van der Waals surface area contributed by atoms with Gasteiger partial charge in [-0.05, 0) is 69.1 Å². The van der Waals surface area contributed by atoms with Gasteiger partial charge in [-0.15, -0.1) is 0 Å². The van der Waals surface area contributed by atoms with E-state index in [1.807, 2.05) is 30.6 Å². The number of hydrogen-bond donors (Lipinski definition) is 1. The van der Waals surface area contributed by atoms with Crippen LogP contribution in [0.25, 0.3) is 0 Å². The lowest BCUT2D eigenvalue weighted by atomic mass is 9.93. The number of pyridine rings is 1. The van der Waals surface area contributed by atoms with Gasteiger partial charge in [-0.2, -0.15) is 0 Å². The fraction of sp³-hybridized carbons (Fsp3) is 0.545. The van der Waals surface area contributed by atoms with Crippen molar-refractivity contribution in [2.75, 3.05) is 26.2 Å². The summed E-state index contributed by atoms with van der Waals surface area (Å²) in [7, 11) is 0. The van der Waals surface area contributed by atoms with Crippen LogP contribution in [0.2, 0.25) is 0 Å². The number of hydrogen-bond acceptors (Lipinski definition) is 5. The Kier molecular flexibility index (Phi) is 6.39. The van der Waals surface area contributed by atoms with E-state index in [4.69, 9.17) is 4.42 Å². The molecule has 1 unspecified atom stereocenters. The van der Waals surface area contributed by atoms with E-state index in [0.717, 1.165) is 51.3 Å². The van der Waals surface area contributed by atoms with Crippen LogP contribution < -0.4 is 5.32 Å². The highest BCUT2D eigenvalue weighted by molar-refractivity contribution is 5.78. The van der Waals surface area contributed by atoms with Gasteiger partial charge in [0.1, 0.15) is 5.76 Å². The monoisotopic (exact) mass is 382 g/mol. The standard InChI is InChI=1S/C22H30N4O2/c27-22(24-15-21-6-3-13-28-21)19-5-2-10-26(17-19)20-7-11-25(12-8-20)16-18-4-1-9-23-14-18/h1,3-4,6,9,13-14,19-20H,2,5,7-8,10-12,15-17H2,(H,24,27). The van der Waals surface area contributed by atoms with Crippen LogP contribution in [-0.2, 0) is 17.9 Å². The summed E-state index contributed by atoms with van der Waals surface area (Å²) in [5.74, 6) is 1.06. The third kappa shape index (κ3) is 5.00. The normalized spacial score (nSPS) is 22.2. The summed E-state index contributed by atoms with van der Waals surface area (Å²) in [4.78, 5) is 21.9. The van der Waals surface area contributed by atoms with Gasteiger partial charge in [0.2, 0.25) is 5.91 Å². The lowest BCUT2D eigenvalue weighted by molar-refractivity contribution is -0.127. The van der Waals surface area contributed by atoms with Crippen molar-refractivity contribution in [3.8, 4) is 0 Å². The molecule has 2 saturated heterocycles. The highest BCUT2D eigenvalue weighted by Gasteiger charge is 2.31. The maximum absolute atomic E-state index is 12.6. The van der Waals surface area contributed by atoms with Crippen LogP contribution >= 0.6 is 0 Å². The summed E-state index contributed by atoms with van der Waals surface area (Å²) >= 11 is 0. The SMILES string of the molecule is O=C(NCc1ccco1)C1CCCN(C2CCN(Cc3cccnc3)CC2)C1. The van der Waals surface area contributed by atoms with Gasteiger partial charge < -0.3 is 9.73 Å². The number of aromatic nitrogens is 1. The van der Waals surface area contributed by atoms with Gasteiger partial charge in [0.05, 0.1) is 18.7 Å². The Labute approximate surface area is 166 Å². The number of nitrogens with one attached hydrogen (secondary N) is 1. The fourth-order valence-electron chi connectivity index (χ4n) is 4.48. The number of carbonyl (C=O) groups is 1. The number of likely N-dealkylation sites (tertiary alicyclic amines) is 2. The van der Waals surface area contributed by atoms with Crippen molar-refractivity contribution in [1.82, 2.24) is 20.1 Å². The summed E-state index contributed by atoms with van der Waals surface area (Å²) in [6.07, 6.45) is 9.89. The average Bonchev–Trinajstić information content (AvgIpc) is 3.27. The largest absolute Gasteiger partial charge is 0.467 e. The molecular weight excluding hydrogens is 352 g/mol. The summed E-state index contributed by atoms with van der Waals surface area (Å²) in [5.41, 5.74) is 1.28. The summed E-state index contributed by atoms with van der Waals surface area (Å²) in [6, 6.07) is 8.51. The zero-order valence-electron chi connectivity index (χ0n) is 16.4. The van der Waals surface area contributed by atoms with Gasteiger partial charge >= 0.3 is 0 Å². The smallest absolute Gasteiger partial charge is 0.224 e. The maximum atomic E-state index is 12.6. The van der Waals surface area contributed by atoms with Gasteiger partial charge in [0.15, 0.2) is 0 Å². The zero-order chi connectivity index (χ0) is 19.2. The van der Waals surface area contributed by atoms with Crippen LogP contribution in [0, 0.1) is 5.92 Å². The van der Waals surface area contributed by atoms with Crippen molar-refractivity contribution >= 4 is 5.91 Å². The van der Waals surface area contributed by atoms with E-state index in [9.17, 15) is 4.79 Å². The average molecular weight is 383 g/mol. The number of nitrogens with zero attached hydrogens (tertiary/aromatic N) is 3. The van der Waals surface area contributed by atoms with Crippen LogP contribution in [0.3, 0.4) is 0 Å². The Morgan fingerprint density at radius 2 is 2.07 bits per heavy atom. The molecule has 4 rings (SSSR count). The minimum absolute atomic E-state index is 0.0946. The van der Waals surface area contributed by atoms with Gasteiger partial charge in [-0.1, -0.05) is 6.07 Å². The van der Waals surface area contributed by atoms with Crippen LogP contribution in [-0.4, -0.2) is 52.9 Å². The molecular formula is C22H30N4O2. The molecule has 0 bridgehead atoms. The molecule has 28 heavy (non-hydrogen) atoms. The lowest BCUT2D eigenvalue weighted by Crippen LogP contribution is -2.50. The number of amides is 1. The second-order valence-electron chi connectivity index (χ2n) is 8.00.